The fourth-order valence-corrected chi connectivity index (χ4v) is 4.94. The number of amides is 1. The van der Waals surface area contributed by atoms with Gasteiger partial charge in [0.25, 0.3) is 15.9 Å². The van der Waals surface area contributed by atoms with Crippen molar-refractivity contribution in [3.05, 3.63) is 57.3 Å². The van der Waals surface area contributed by atoms with Gasteiger partial charge in [-0.15, -0.1) is 22.7 Å². The summed E-state index contributed by atoms with van der Waals surface area (Å²) < 4.78 is 27.7. The van der Waals surface area contributed by atoms with Gasteiger partial charge >= 0.3 is 0 Å². The Balaban J connectivity index is 1.71. The number of rotatable bonds is 5. The molecule has 24 heavy (non-hydrogen) atoms. The molecule has 1 amide bonds. The summed E-state index contributed by atoms with van der Waals surface area (Å²) >= 11 is 5.47. The summed E-state index contributed by atoms with van der Waals surface area (Å²) in [6, 6.07) is 10.2. The second-order valence-electron chi connectivity index (χ2n) is 4.54. The Bertz CT molecular complexity index is 951. The molecule has 0 fully saturated rings. The van der Waals surface area contributed by atoms with Crippen molar-refractivity contribution in [2.45, 2.75) is 4.21 Å². The number of thiophene rings is 1. The molecule has 124 valence electrons. The van der Waals surface area contributed by atoms with E-state index in [0.717, 1.165) is 27.1 Å². The van der Waals surface area contributed by atoms with Crippen molar-refractivity contribution >= 4 is 65.4 Å². The molecule has 3 aromatic rings. The minimum absolute atomic E-state index is 0.143. The first-order valence-corrected chi connectivity index (χ1v) is 10.6. The van der Waals surface area contributed by atoms with Crippen LogP contribution in [0.1, 0.15) is 10.5 Å². The maximum absolute atomic E-state index is 12.2. The van der Waals surface area contributed by atoms with Crippen molar-refractivity contribution in [2.75, 3.05) is 10.0 Å². The maximum atomic E-state index is 12.2. The lowest BCUT2D eigenvalue weighted by molar-refractivity contribution is 0.102. The van der Waals surface area contributed by atoms with Gasteiger partial charge in [0.15, 0.2) is 5.13 Å². The van der Waals surface area contributed by atoms with Crippen LogP contribution in [0, 0.1) is 0 Å². The molecule has 2 aromatic heterocycles. The molecule has 0 unspecified atom stereocenters. The number of hydrogen-bond acceptors (Lipinski definition) is 6. The van der Waals surface area contributed by atoms with E-state index < -0.39 is 15.9 Å². The van der Waals surface area contributed by atoms with E-state index in [1.807, 2.05) is 0 Å². The minimum atomic E-state index is -3.67. The third-order valence-electron chi connectivity index (χ3n) is 2.82. The van der Waals surface area contributed by atoms with Gasteiger partial charge in [-0.05, 0) is 35.7 Å². The van der Waals surface area contributed by atoms with Gasteiger partial charge in [-0.25, -0.2) is 13.4 Å². The Hall–Kier alpha value is -1.75. The predicted octanol–water partition coefficient (Wildman–Crippen LogP) is 4.02. The molecule has 0 bridgehead atoms. The van der Waals surface area contributed by atoms with Crippen LogP contribution in [0.4, 0.5) is 10.8 Å². The third-order valence-corrected chi connectivity index (χ3v) is 6.97. The average Bonchev–Trinajstić information content (AvgIpc) is 3.20. The van der Waals surface area contributed by atoms with Crippen LogP contribution < -0.4 is 10.0 Å². The molecule has 0 aliphatic rings. The SMILES string of the molecule is O=C(Nc1ccc(Br)cc1)c1csc(NS(=O)(=O)c2cccs2)n1. The Kier molecular flexibility index (Phi) is 4.99. The molecule has 2 N–H and O–H groups in total. The van der Waals surface area contributed by atoms with E-state index >= 15 is 0 Å². The van der Waals surface area contributed by atoms with Gasteiger partial charge in [0, 0.05) is 15.5 Å². The zero-order valence-electron chi connectivity index (χ0n) is 11.9. The molecular weight excluding hydrogens is 434 g/mol. The average molecular weight is 444 g/mol. The van der Waals surface area contributed by atoms with Crippen molar-refractivity contribution in [3.63, 3.8) is 0 Å². The third kappa shape index (κ3) is 4.01. The number of aromatic nitrogens is 1. The monoisotopic (exact) mass is 443 g/mol. The lowest BCUT2D eigenvalue weighted by Crippen LogP contribution is -2.14. The summed E-state index contributed by atoms with van der Waals surface area (Å²) in [5, 5.41) is 6.02. The molecule has 0 saturated carbocycles. The van der Waals surface area contributed by atoms with E-state index in [0.29, 0.717) is 5.69 Å². The van der Waals surface area contributed by atoms with E-state index in [1.54, 1.807) is 35.7 Å². The van der Waals surface area contributed by atoms with Crippen molar-refractivity contribution in [2.24, 2.45) is 0 Å². The second-order valence-corrected chi connectivity index (χ2v) is 9.17. The molecule has 6 nitrogen and oxygen atoms in total. The van der Waals surface area contributed by atoms with Crippen LogP contribution >= 0.6 is 38.6 Å². The van der Waals surface area contributed by atoms with Gasteiger partial charge in [-0.3, -0.25) is 9.52 Å². The van der Waals surface area contributed by atoms with Crippen LogP contribution in [-0.2, 0) is 10.0 Å². The number of thiazole rings is 1. The first-order valence-electron chi connectivity index (χ1n) is 6.53. The lowest BCUT2D eigenvalue weighted by atomic mass is 10.3. The highest BCUT2D eigenvalue weighted by Crippen LogP contribution is 2.23. The van der Waals surface area contributed by atoms with E-state index in [4.69, 9.17) is 0 Å². The van der Waals surface area contributed by atoms with E-state index in [9.17, 15) is 13.2 Å². The van der Waals surface area contributed by atoms with Gasteiger partial charge < -0.3 is 5.32 Å². The summed E-state index contributed by atoms with van der Waals surface area (Å²) in [4.78, 5) is 16.2. The number of carbonyl (C=O) groups is 1. The Labute approximate surface area is 154 Å². The molecule has 0 aliphatic heterocycles. The second kappa shape index (κ2) is 7.01. The Morgan fingerprint density at radius 3 is 2.54 bits per heavy atom. The van der Waals surface area contributed by atoms with Gasteiger partial charge in [0.2, 0.25) is 0 Å². The molecule has 3 rings (SSSR count). The molecule has 0 saturated heterocycles. The van der Waals surface area contributed by atoms with Crippen molar-refractivity contribution < 1.29 is 13.2 Å². The van der Waals surface area contributed by atoms with Crippen molar-refractivity contribution in [1.82, 2.24) is 4.98 Å². The topological polar surface area (TPSA) is 88.2 Å². The van der Waals surface area contributed by atoms with Gasteiger partial charge in [0.05, 0.1) is 0 Å². The normalized spacial score (nSPS) is 11.2. The number of nitrogens with zero attached hydrogens (tertiary/aromatic N) is 1. The zero-order valence-corrected chi connectivity index (χ0v) is 15.9. The summed E-state index contributed by atoms with van der Waals surface area (Å²) in [5.41, 5.74) is 0.767. The predicted molar refractivity (Wildman–Crippen MR) is 99.3 cm³/mol. The summed E-state index contributed by atoms with van der Waals surface area (Å²) in [5.74, 6) is -0.407. The summed E-state index contributed by atoms with van der Waals surface area (Å²) in [6.45, 7) is 0. The zero-order chi connectivity index (χ0) is 17.2. The number of carbonyl (C=O) groups excluding carboxylic acids is 1. The van der Waals surface area contributed by atoms with Crippen molar-refractivity contribution in [3.8, 4) is 0 Å². The number of sulfonamides is 1. The Morgan fingerprint density at radius 2 is 1.88 bits per heavy atom. The summed E-state index contributed by atoms with van der Waals surface area (Å²) in [6.07, 6.45) is 0. The first-order chi connectivity index (χ1) is 11.4. The Morgan fingerprint density at radius 1 is 1.12 bits per heavy atom. The molecule has 0 atom stereocenters. The van der Waals surface area contributed by atoms with Crippen LogP contribution in [0.15, 0.2) is 55.8 Å². The van der Waals surface area contributed by atoms with E-state index in [1.165, 1.54) is 11.4 Å². The number of halogens is 1. The van der Waals surface area contributed by atoms with Crippen LogP contribution in [0.2, 0.25) is 0 Å². The lowest BCUT2D eigenvalue weighted by Gasteiger charge is -2.03. The highest BCUT2D eigenvalue weighted by Gasteiger charge is 2.18. The molecule has 0 spiro atoms. The van der Waals surface area contributed by atoms with E-state index in [2.05, 4.69) is 31.0 Å². The molecule has 10 heteroatoms. The van der Waals surface area contributed by atoms with Crippen LogP contribution in [0.3, 0.4) is 0 Å². The number of anilines is 2. The number of benzene rings is 1. The van der Waals surface area contributed by atoms with Crippen LogP contribution in [0.25, 0.3) is 0 Å². The number of hydrogen-bond donors (Lipinski definition) is 2. The van der Waals surface area contributed by atoms with Crippen molar-refractivity contribution in [1.29, 1.82) is 0 Å². The molecular formula is C14H10BrN3O3S3. The first kappa shape index (κ1) is 17.1. The summed E-state index contributed by atoms with van der Waals surface area (Å²) in [7, 11) is -3.67. The minimum Gasteiger partial charge on any atom is -0.321 e. The van der Waals surface area contributed by atoms with Gasteiger partial charge in [-0.2, -0.15) is 0 Å². The van der Waals surface area contributed by atoms with Gasteiger partial charge in [-0.1, -0.05) is 22.0 Å². The smallest absolute Gasteiger partial charge is 0.275 e. The highest BCUT2D eigenvalue weighted by molar-refractivity contribution is 9.10. The fourth-order valence-electron chi connectivity index (χ4n) is 1.73. The number of nitrogens with one attached hydrogen (secondary N) is 2. The van der Waals surface area contributed by atoms with Crippen LogP contribution in [0.5, 0.6) is 0 Å². The quantitative estimate of drug-likeness (QED) is 0.622. The maximum Gasteiger partial charge on any atom is 0.275 e. The molecule has 2 heterocycles. The standard InChI is InChI=1S/C14H10BrN3O3S3/c15-9-3-5-10(6-4-9)16-13(19)11-8-23-14(17-11)18-24(20,21)12-2-1-7-22-12/h1-8H,(H,16,19)(H,17,18). The molecule has 0 radical (unpaired) electrons. The highest BCUT2D eigenvalue weighted by atomic mass is 79.9. The van der Waals surface area contributed by atoms with Crippen LogP contribution in [-0.4, -0.2) is 19.3 Å². The van der Waals surface area contributed by atoms with Gasteiger partial charge in [0.1, 0.15) is 9.90 Å². The molecule has 0 aliphatic carbocycles. The molecule has 1 aromatic carbocycles. The largest absolute Gasteiger partial charge is 0.321 e. The van der Waals surface area contributed by atoms with E-state index in [-0.39, 0.29) is 15.0 Å². The fraction of sp³-hybridized carbons (Fsp3) is 0.